The summed E-state index contributed by atoms with van der Waals surface area (Å²) < 4.78 is 3.39. The molecule has 0 saturated carbocycles. The molecule has 9 nitrogen and oxygen atoms in total. The van der Waals surface area contributed by atoms with Crippen LogP contribution in [0.1, 0.15) is 34.3 Å². The molecule has 3 aromatic heterocycles. The number of aryl methyl sites for hydroxylation is 1. The van der Waals surface area contributed by atoms with E-state index >= 15 is 0 Å². The van der Waals surface area contributed by atoms with Crippen molar-refractivity contribution in [1.29, 1.82) is 0 Å². The van der Waals surface area contributed by atoms with Crippen molar-refractivity contribution in [2.24, 2.45) is 4.99 Å². The molecule has 0 saturated heterocycles. The Morgan fingerprint density at radius 1 is 1.19 bits per heavy atom. The quantitative estimate of drug-likeness (QED) is 0.371. The summed E-state index contributed by atoms with van der Waals surface area (Å²) in [7, 11) is 0. The third-order valence-electron chi connectivity index (χ3n) is 6.45. The number of thiophene rings is 1. The normalized spacial score (nSPS) is 16.2. The van der Waals surface area contributed by atoms with Gasteiger partial charge in [0, 0.05) is 50.4 Å². The van der Waals surface area contributed by atoms with Crippen molar-refractivity contribution < 1.29 is 9.90 Å². The second kappa shape index (κ2) is 10.0. The summed E-state index contributed by atoms with van der Waals surface area (Å²) in [6.45, 7) is 0. The van der Waals surface area contributed by atoms with Gasteiger partial charge in [-0.05, 0) is 70.8 Å². The maximum Gasteiger partial charge on any atom is 0.308 e. The molecule has 0 spiro atoms. The Kier molecular flexibility index (Phi) is 6.80. The molecule has 0 amide bonds. The van der Waals surface area contributed by atoms with Crippen LogP contribution >= 0.6 is 35.3 Å². The van der Waals surface area contributed by atoms with Gasteiger partial charge >= 0.3 is 5.97 Å². The van der Waals surface area contributed by atoms with E-state index in [0.29, 0.717) is 11.4 Å². The van der Waals surface area contributed by atoms with Crippen molar-refractivity contribution >= 4 is 52.6 Å². The molecule has 12 heteroatoms. The lowest BCUT2D eigenvalue weighted by molar-refractivity contribution is -0.136. The number of rotatable bonds is 6. The standard InChI is InChI=1S/C25H19ClN6O3S.ClH/c26-16-1-4-21(31-13-28-29-30-31)19(10-16)14-7-17-2-5-22(32(17)24(33)9-14)20-8-15(12-27-20)23-6-3-18(36-23)11-25(34)35;/h1,3-4,6-7,9-10,12-13,22H,2,5,8,11H2,(H,34,35);1H/t22-;/m0./s1. The zero-order valence-corrected chi connectivity index (χ0v) is 21.6. The number of aliphatic carboxylic acids is 1. The average molecular weight is 555 g/mol. The van der Waals surface area contributed by atoms with Crippen LogP contribution in [0.2, 0.25) is 5.02 Å². The van der Waals surface area contributed by atoms with Crippen molar-refractivity contribution in [3.63, 3.8) is 0 Å². The smallest absolute Gasteiger partial charge is 0.308 e. The molecule has 0 bridgehead atoms. The van der Waals surface area contributed by atoms with Gasteiger partial charge in [0.15, 0.2) is 0 Å². The van der Waals surface area contributed by atoms with Gasteiger partial charge in [0.2, 0.25) is 0 Å². The number of aliphatic imine (C=N–C) groups is 1. The minimum absolute atomic E-state index is 0. The summed E-state index contributed by atoms with van der Waals surface area (Å²) >= 11 is 7.77. The Bertz CT molecular complexity index is 1620. The van der Waals surface area contributed by atoms with E-state index < -0.39 is 5.97 Å². The summed E-state index contributed by atoms with van der Waals surface area (Å²) in [4.78, 5) is 30.9. The summed E-state index contributed by atoms with van der Waals surface area (Å²) in [5.41, 5.74) is 5.12. The molecule has 6 rings (SSSR count). The van der Waals surface area contributed by atoms with E-state index in [2.05, 4.69) is 20.5 Å². The first-order chi connectivity index (χ1) is 17.5. The van der Waals surface area contributed by atoms with Crippen LogP contribution in [0, 0.1) is 0 Å². The third kappa shape index (κ3) is 4.75. The van der Waals surface area contributed by atoms with Gasteiger partial charge in [0.05, 0.1) is 18.2 Å². The van der Waals surface area contributed by atoms with Crippen molar-refractivity contribution in [3.05, 3.63) is 85.8 Å². The van der Waals surface area contributed by atoms with E-state index in [1.54, 1.807) is 16.8 Å². The molecular formula is C25H20Cl2N6O3S. The van der Waals surface area contributed by atoms with E-state index in [0.717, 1.165) is 56.4 Å². The van der Waals surface area contributed by atoms with Crippen molar-refractivity contribution in [1.82, 2.24) is 24.8 Å². The van der Waals surface area contributed by atoms with E-state index in [1.807, 2.05) is 41.1 Å². The number of allylic oxidation sites excluding steroid dienone is 1. The highest BCUT2D eigenvalue weighted by Gasteiger charge is 2.30. The highest BCUT2D eigenvalue weighted by atomic mass is 35.5. The van der Waals surface area contributed by atoms with E-state index in [4.69, 9.17) is 16.7 Å². The number of benzene rings is 1. The first-order valence-corrected chi connectivity index (χ1v) is 12.5. The van der Waals surface area contributed by atoms with Gasteiger partial charge in [-0.25, -0.2) is 0 Å². The molecule has 0 fully saturated rings. The molecule has 37 heavy (non-hydrogen) atoms. The van der Waals surface area contributed by atoms with Crippen LogP contribution in [0.15, 0.2) is 64.8 Å². The first-order valence-electron chi connectivity index (χ1n) is 11.3. The number of hydrogen-bond donors (Lipinski definition) is 1. The minimum atomic E-state index is -0.843. The second-order valence-corrected chi connectivity index (χ2v) is 10.3. The number of carboxylic acid groups (broad SMARTS) is 1. The van der Waals surface area contributed by atoms with Crippen LogP contribution in [-0.4, -0.2) is 41.6 Å². The maximum atomic E-state index is 13.4. The van der Waals surface area contributed by atoms with Crippen molar-refractivity contribution in [3.8, 4) is 16.8 Å². The lowest BCUT2D eigenvalue weighted by Gasteiger charge is -2.17. The van der Waals surface area contributed by atoms with E-state index in [-0.39, 0.29) is 30.4 Å². The number of aromatic nitrogens is 5. The largest absolute Gasteiger partial charge is 0.481 e. The van der Waals surface area contributed by atoms with Gasteiger partial charge in [-0.15, -0.1) is 28.8 Å². The molecule has 5 heterocycles. The number of carboxylic acids is 1. The number of pyridine rings is 1. The minimum Gasteiger partial charge on any atom is -0.481 e. The van der Waals surface area contributed by atoms with Crippen LogP contribution in [-0.2, 0) is 17.6 Å². The maximum absolute atomic E-state index is 13.4. The number of carbonyl (C=O) groups is 1. The third-order valence-corrected chi connectivity index (χ3v) is 7.84. The number of tetrazole rings is 1. The molecule has 2 aliphatic rings. The molecule has 0 unspecified atom stereocenters. The Balaban J connectivity index is 0.00000280. The molecule has 0 radical (unpaired) electrons. The first kappa shape index (κ1) is 25.1. The van der Waals surface area contributed by atoms with Gasteiger partial charge in [0.25, 0.3) is 5.56 Å². The van der Waals surface area contributed by atoms with Gasteiger partial charge in [-0.2, -0.15) is 4.68 Å². The van der Waals surface area contributed by atoms with Gasteiger partial charge < -0.3 is 9.67 Å². The Hall–Kier alpha value is -3.60. The Labute approximate surface area is 226 Å². The summed E-state index contributed by atoms with van der Waals surface area (Å²) in [6, 6.07) is 12.8. The van der Waals surface area contributed by atoms with E-state index in [9.17, 15) is 9.59 Å². The SMILES string of the molecule is Cl.O=C(O)Cc1ccc(C2=CN=C([C@@H]3CCc4cc(-c5cc(Cl)ccc5-n5cnnn5)cc(=O)n43)C2)s1. The highest BCUT2D eigenvalue weighted by molar-refractivity contribution is 7.13. The fraction of sp³-hybridized carbons (Fsp3) is 0.200. The molecule has 1 aromatic carbocycles. The summed E-state index contributed by atoms with van der Waals surface area (Å²) in [5, 5.41) is 21.0. The molecule has 0 aliphatic carbocycles. The van der Waals surface area contributed by atoms with Crippen LogP contribution < -0.4 is 5.56 Å². The Morgan fingerprint density at radius 3 is 2.84 bits per heavy atom. The highest BCUT2D eigenvalue weighted by Crippen LogP contribution is 2.37. The molecule has 1 atom stereocenters. The fourth-order valence-electron chi connectivity index (χ4n) is 4.87. The Morgan fingerprint density at radius 2 is 2.05 bits per heavy atom. The zero-order chi connectivity index (χ0) is 24.8. The van der Waals surface area contributed by atoms with Crippen molar-refractivity contribution in [2.45, 2.75) is 31.7 Å². The predicted octanol–water partition coefficient (Wildman–Crippen LogP) is 4.63. The molecular weight excluding hydrogens is 535 g/mol. The van der Waals surface area contributed by atoms with E-state index in [1.165, 1.54) is 17.7 Å². The molecule has 188 valence electrons. The number of fused-ring (bicyclic) bond motifs is 1. The predicted molar refractivity (Wildman–Crippen MR) is 144 cm³/mol. The topological polar surface area (TPSA) is 115 Å². The number of hydrogen-bond acceptors (Lipinski definition) is 7. The lowest BCUT2D eigenvalue weighted by atomic mass is 10.0. The van der Waals surface area contributed by atoms with Crippen LogP contribution in [0.4, 0.5) is 0 Å². The van der Waals surface area contributed by atoms with Crippen molar-refractivity contribution in [2.75, 3.05) is 0 Å². The number of halogens is 2. The summed E-state index contributed by atoms with van der Waals surface area (Å²) in [6.07, 6.45) is 5.55. The van der Waals surface area contributed by atoms with Crippen LogP contribution in [0.5, 0.6) is 0 Å². The lowest BCUT2D eigenvalue weighted by Crippen LogP contribution is -2.27. The van der Waals surface area contributed by atoms with Crippen LogP contribution in [0.3, 0.4) is 0 Å². The van der Waals surface area contributed by atoms with Gasteiger partial charge in [-0.1, -0.05) is 11.6 Å². The van der Waals surface area contributed by atoms with Gasteiger partial charge in [0.1, 0.15) is 6.33 Å². The van der Waals surface area contributed by atoms with Crippen LogP contribution in [0.25, 0.3) is 22.4 Å². The molecule has 1 N–H and O–H groups in total. The summed E-state index contributed by atoms with van der Waals surface area (Å²) in [5.74, 6) is -0.843. The monoisotopic (exact) mass is 554 g/mol. The number of nitrogens with zero attached hydrogens (tertiary/aromatic N) is 6. The zero-order valence-electron chi connectivity index (χ0n) is 19.2. The molecule has 2 aliphatic heterocycles. The van der Waals surface area contributed by atoms with Gasteiger partial charge in [-0.3, -0.25) is 14.6 Å². The fourth-order valence-corrected chi connectivity index (χ4v) is 6.05. The average Bonchev–Trinajstić information content (AvgIpc) is 3.64. The second-order valence-electron chi connectivity index (χ2n) is 8.70. The molecule has 4 aromatic rings.